The summed E-state index contributed by atoms with van der Waals surface area (Å²) in [5.41, 5.74) is 0. The first kappa shape index (κ1) is 7.86. The van der Waals surface area contributed by atoms with E-state index in [1.807, 2.05) is 43.4 Å². The second-order valence-electron chi connectivity index (χ2n) is 2.71. The molecule has 1 aromatic heterocycles. The van der Waals surface area contributed by atoms with Gasteiger partial charge in [0.1, 0.15) is 5.75 Å². The third kappa shape index (κ3) is 1.69. The van der Waals surface area contributed by atoms with Crippen LogP contribution in [0.4, 0.5) is 0 Å². The van der Waals surface area contributed by atoms with Crippen molar-refractivity contribution in [1.29, 1.82) is 0 Å². The van der Waals surface area contributed by atoms with Crippen LogP contribution in [0.2, 0.25) is 0 Å². The molecule has 0 radical (unpaired) electrons. The van der Waals surface area contributed by atoms with Gasteiger partial charge in [-0.2, -0.15) is 5.10 Å². The molecule has 1 aromatic carbocycles. The topological polar surface area (TPSA) is 27.1 Å². The fourth-order valence-corrected chi connectivity index (χ4v) is 1.07. The standard InChI is InChI=1S/C10H10N2O/c1-12-10(7-8-11-12)13-9-5-3-2-4-6-9/h2-8H,1H3. The molecular formula is C10H10N2O. The molecule has 0 aliphatic rings. The lowest BCUT2D eigenvalue weighted by Gasteiger charge is -2.03. The van der Waals surface area contributed by atoms with E-state index in [0.717, 1.165) is 11.6 Å². The summed E-state index contributed by atoms with van der Waals surface area (Å²) in [6.45, 7) is 0. The van der Waals surface area contributed by atoms with Crippen LogP contribution in [0.25, 0.3) is 0 Å². The Balaban J connectivity index is 2.20. The minimum absolute atomic E-state index is 0.742. The highest BCUT2D eigenvalue weighted by Crippen LogP contribution is 2.18. The maximum absolute atomic E-state index is 5.55. The summed E-state index contributed by atoms with van der Waals surface area (Å²) in [6, 6.07) is 11.5. The summed E-state index contributed by atoms with van der Waals surface area (Å²) in [5, 5.41) is 4.00. The van der Waals surface area contributed by atoms with E-state index in [0.29, 0.717) is 0 Å². The number of aromatic nitrogens is 2. The lowest BCUT2D eigenvalue weighted by atomic mass is 10.3. The van der Waals surface area contributed by atoms with Gasteiger partial charge < -0.3 is 4.74 Å². The van der Waals surface area contributed by atoms with Gasteiger partial charge >= 0.3 is 0 Å². The van der Waals surface area contributed by atoms with Crippen LogP contribution in [-0.4, -0.2) is 9.78 Å². The molecule has 0 unspecified atom stereocenters. The number of para-hydroxylation sites is 1. The predicted molar refractivity (Wildman–Crippen MR) is 49.7 cm³/mol. The second-order valence-corrected chi connectivity index (χ2v) is 2.71. The first-order chi connectivity index (χ1) is 6.36. The number of ether oxygens (including phenoxy) is 1. The highest BCUT2D eigenvalue weighted by Gasteiger charge is 1.99. The minimum Gasteiger partial charge on any atom is -0.439 e. The van der Waals surface area contributed by atoms with Gasteiger partial charge in [-0.3, -0.25) is 0 Å². The molecule has 0 atom stereocenters. The van der Waals surface area contributed by atoms with E-state index in [9.17, 15) is 0 Å². The zero-order valence-electron chi connectivity index (χ0n) is 7.34. The van der Waals surface area contributed by atoms with Crippen LogP contribution in [0.1, 0.15) is 0 Å². The number of aryl methyl sites for hydroxylation is 1. The zero-order chi connectivity index (χ0) is 9.10. The number of hydrogen-bond donors (Lipinski definition) is 0. The number of nitrogens with zero attached hydrogens (tertiary/aromatic N) is 2. The molecule has 1 heterocycles. The fraction of sp³-hybridized carbons (Fsp3) is 0.100. The molecule has 66 valence electrons. The molecule has 0 amide bonds. The Morgan fingerprint density at radius 1 is 1.15 bits per heavy atom. The molecule has 13 heavy (non-hydrogen) atoms. The maximum Gasteiger partial charge on any atom is 0.217 e. The molecule has 3 heteroatoms. The highest BCUT2D eigenvalue weighted by atomic mass is 16.5. The normalized spacial score (nSPS) is 9.92. The Labute approximate surface area is 76.6 Å². The summed E-state index contributed by atoms with van der Waals surface area (Å²) >= 11 is 0. The Morgan fingerprint density at radius 2 is 1.92 bits per heavy atom. The quantitative estimate of drug-likeness (QED) is 0.698. The molecule has 0 aliphatic carbocycles. The van der Waals surface area contributed by atoms with E-state index in [2.05, 4.69) is 5.10 Å². The molecule has 0 N–H and O–H groups in total. The third-order valence-electron chi connectivity index (χ3n) is 1.74. The van der Waals surface area contributed by atoms with Gasteiger partial charge in [-0.05, 0) is 12.1 Å². The molecule has 2 rings (SSSR count). The van der Waals surface area contributed by atoms with Crippen LogP contribution >= 0.6 is 0 Å². The van der Waals surface area contributed by atoms with Crippen LogP contribution in [-0.2, 0) is 7.05 Å². The van der Waals surface area contributed by atoms with Gasteiger partial charge in [-0.1, -0.05) is 18.2 Å². The maximum atomic E-state index is 5.55. The van der Waals surface area contributed by atoms with Crippen molar-refractivity contribution in [1.82, 2.24) is 9.78 Å². The van der Waals surface area contributed by atoms with Crippen LogP contribution in [0.5, 0.6) is 11.6 Å². The highest BCUT2D eigenvalue weighted by molar-refractivity contribution is 5.25. The van der Waals surface area contributed by atoms with Gasteiger partial charge in [0, 0.05) is 13.1 Å². The minimum atomic E-state index is 0.742. The zero-order valence-corrected chi connectivity index (χ0v) is 7.34. The summed E-state index contributed by atoms with van der Waals surface area (Å²) in [6.07, 6.45) is 1.71. The molecule has 2 aromatic rings. The molecule has 0 bridgehead atoms. The van der Waals surface area contributed by atoms with Gasteiger partial charge in [0.2, 0.25) is 5.88 Å². The Bertz CT molecular complexity index is 381. The van der Waals surface area contributed by atoms with Gasteiger partial charge in [0.05, 0.1) is 6.20 Å². The smallest absolute Gasteiger partial charge is 0.217 e. The number of benzene rings is 1. The summed E-state index contributed by atoms with van der Waals surface area (Å²) in [7, 11) is 1.85. The van der Waals surface area contributed by atoms with Crippen molar-refractivity contribution in [2.24, 2.45) is 7.05 Å². The third-order valence-corrected chi connectivity index (χ3v) is 1.74. The number of hydrogen-bond acceptors (Lipinski definition) is 2. The second kappa shape index (κ2) is 3.31. The van der Waals surface area contributed by atoms with Gasteiger partial charge in [0.15, 0.2) is 0 Å². The molecule has 0 spiro atoms. The van der Waals surface area contributed by atoms with Crippen LogP contribution in [0.3, 0.4) is 0 Å². The van der Waals surface area contributed by atoms with E-state index >= 15 is 0 Å². The van der Waals surface area contributed by atoms with Crippen molar-refractivity contribution in [3.63, 3.8) is 0 Å². The molecule has 0 saturated carbocycles. The fourth-order valence-electron chi connectivity index (χ4n) is 1.07. The summed E-state index contributed by atoms with van der Waals surface area (Å²) in [4.78, 5) is 0. The Hall–Kier alpha value is -1.77. The van der Waals surface area contributed by atoms with Crippen molar-refractivity contribution >= 4 is 0 Å². The summed E-state index contributed by atoms with van der Waals surface area (Å²) < 4.78 is 7.24. The van der Waals surface area contributed by atoms with E-state index < -0.39 is 0 Å². The summed E-state index contributed by atoms with van der Waals surface area (Å²) in [5.74, 6) is 1.57. The number of rotatable bonds is 2. The van der Waals surface area contributed by atoms with Crippen LogP contribution in [0, 0.1) is 0 Å². The van der Waals surface area contributed by atoms with Crippen molar-refractivity contribution in [2.45, 2.75) is 0 Å². The van der Waals surface area contributed by atoms with E-state index in [-0.39, 0.29) is 0 Å². The molecule has 0 saturated heterocycles. The Morgan fingerprint density at radius 3 is 2.54 bits per heavy atom. The van der Waals surface area contributed by atoms with Crippen molar-refractivity contribution in [3.05, 3.63) is 42.6 Å². The SMILES string of the molecule is Cn1nccc1Oc1ccccc1. The average molecular weight is 174 g/mol. The largest absolute Gasteiger partial charge is 0.439 e. The predicted octanol–water partition coefficient (Wildman–Crippen LogP) is 2.21. The van der Waals surface area contributed by atoms with Crippen LogP contribution < -0.4 is 4.74 Å². The molecule has 3 nitrogen and oxygen atoms in total. The first-order valence-electron chi connectivity index (χ1n) is 4.07. The lowest BCUT2D eigenvalue weighted by Crippen LogP contribution is -1.94. The molecule has 0 aliphatic heterocycles. The van der Waals surface area contributed by atoms with Crippen molar-refractivity contribution in [3.8, 4) is 11.6 Å². The first-order valence-corrected chi connectivity index (χ1v) is 4.07. The van der Waals surface area contributed by atoms with Gasteiger partial charge in [-0.15, -0.1) is 0 Å². The molecular weight excluding hydrogens is 164 g/mol. The average Bonchev–Trinajstić information content (AvgIpc) is 2.54. The monoisotopic (exact) mass is 174 g/mol. The lowest BCUT2D eigenvalue weighted by molar-refractivity contribution is 0.431. The van der Waals surface area contributed by atoms with E-state index in [1.54, 1.807) is 10.9 Å². The Kier molecular flexibility index (Phi) is 2.00. The van der Waals surface area contributed by atoms with Crippen molar-refractivity contribution in [2.75, 3.05) is 0 Å². The van der Waals surface area contributed by atoms with Crippen LogP contribution in [0.15, 0.2) is 42.6 Å². The molecule has 0 fully saturated rings. The van der Waals surface area contributed by atoms with E-state index in [1.165, 1.54) is 0 Å². The van der Waals surface area contributed by atoms with Crippen molar-refractivity contribution < 1.29 is 4.74 Å². The van der Waals surface area contributed by atoms with Gasteiger partial charge in [0.25, 0.3) is 0 Å². The van der Waals surface area contributed by atoms with Gasteiger partial charge in [-0.25, -0.2) is 4.68 Å². The van der Waals surface area contributed by atoms with E-state index in [4.69, 9.17) is 4.74 Å².